The fraction of sp³-hybridized carbons (Fsp3) is 0.0526. The van der Waals surface area contributed by atoms with E-state index in [0.717, 1.165) is 22.6 Å². The van der Waals surface area contributed by atoms with Gasteiger partial charge in [-0.05, 0) is 42.0 Å². The Labute approximate surface area is 171 Å². The molecule has 0 radical (unpaired) electrons. The molecule has 9 heteroatoms. The van der Waals surface area contributed by atoms with Crippen molar-refractivity contribution in [1.82, 2.24) is 0 Å². The van der Waals surface area contributed by atoms with Crippen LogP contribution in [0.25, 0.3) is 0 Å². The number of nitro benzene ring substituents is 1. The van der Waals surface area contributed by atoms with Gasteiger partial charge in [-0.2, -0.15) is 0 Å². The minimum Gasteiger partial charge on any atom is -0.278 e. The van der Waals surface area contributed by atoms with Crippen LogP contribution in [0.15, 0.2) is 82.6 Å². The summed E-state index contributed by atoms with van der Waals surface area (Å²) in [7, 11) is -3.87. The van der Waals surface area contributed by atoms with Crippen molar-refractivity contribution >= 4 is 44.8 Å². The number of hydrogen-bond donors (Lipinski definition) is 1. The average Bonchev–Trinajstić information content (AvgIpc) is 2.68. The first-order valence-electron chi connectivity index (χ1n) is 8.09. The van der Waals surface area contributed by atoms with Crippen LogP contribution in [0.1, 0.15) is 5.56 Å². The largest absolute Gasteiger partial charge is 0.278 e. The van der Waals surface area contributed by atoms with E-state index >= 15 is 0 Å². The number of nitrogens with one attached hydrogen (secondary N) is 1. The zero-order chi connectivity index (χ0) is 20.1. The van der Waals surface area contributed by atoms with Gasteiger partial charge in [-0.1, -0.05) is 35.9 Å². The van der Waals surface area contributed by atoms with Crippen molar-refractivity contribution in [2.24, 2.45) is 0 Å². The Hall–Kier alpha value is -2.55. The Morgan fingerprint density at radius 2 is 1.61 bits per heavy atom. The second kappa shape index (κ2) is 8.64. The number of anilines is 1. The number of halogens is 1. The number of benzene rings is 3. The van der Waals surface area contributed by atoms with Gasteiger partial charge in [0.1, 0.15) is 0 Å². The number of thioether (sulfide) groups is 1. The lowest BCUT2D eigenvalue weighted by atomic mass is 10.2. The number of rotatable bonds is 7. The van der Waals surface area contributed by atoms with Gasteiger partial charge in [0.25, 0.3) is 15.7 Å². The smallest absolute Gasteiger partial charge is 0.269 e. The van der Waals surface area contributed by atoms with E-state index in [1.807, 2.05) is 24.3 Å². The van der Waals surface area contributed by atoms with Crippen LogP contribution in [0.4, 0.5) is 11.4 Å². The second-order valence-corrected chi connectivity index (χ2v) is 8.90. The molecule has 0 aliphatic carbocycles. The summed E-state index contributed by atoms with van der Waals surface area (Å²) in [5, 5.41) is 11.4. The van der Waals surface area contributed by atoms with Gasteiger partial charge >= 0.3 is 0 Å². The maximum absolute atomic E-state index is 12.6. The maximum atomic E-state index is 12.6. The molecule has 0 unspecified atom stereocenters. The van der Waals surface area contributed by atoms with E-state index in [9.17, 15) is 18.5 Å². The first-order chi connectivity index (χ1) is 13.3. The summed E-state index contributed by atoms with van der Waals surface area (Å²) in [6.45, 7) is 0. The molecular formula is C19H15ClN2O4S2. The molecule has 0 amide bonds. The van der Waals surface area contributed by atoms with Crippen molar-refractivity contribution in [3.63, 3.8) is 0 Å². The van der Waals surface area contributed by atoms with Crippen molar-refractivity contribution in [3.05, 3.63) is 93.5 Å². The zero-order valence-electron chi connectivity index (χ0n) is 14.4. The molecule has 0 aromatic heterocycles. The summed E-state index contributed by atoms with van der Waals surface area (Å²) in [5.41, 5.74) is 1.33. The highest BCUT2D eigenvalue weighted by atomic mass is 35.5. The molecule has 3 aromatic rings. The first-order valence-corrected chi connectivity index (χ1v) is 10.9. The molecule has 3 aromatic carbocycles. The molecule has 3 rings (SSSR count). The Bertz CT molecular complexity index is 1090. The van der Waals surface area contributed by atoms with Gasteiger partial charge in [-0.25, -0.2) is 8.42 Å². The lowest BCUT2D eigenvalue weighted by Crippen LogP contribution is -2.13. The summed E-state index contributed by atoms with van der Waals surface area (Å²) >= 11 is 7.38. The fourth-order valence-corrected chi connectivity index (χ4v) is 4.60. The number of para-hydroxylation sites is 1. The molecule has 144 valence electrons. The third kappa shape index (κ3) is 5.03. The highest BCUT2D eigenvalue weighted by Crippen LogP contribution is 2.31. The van der Waals surface area contributed by atoms with E-state index in [0.29, 0.717) is 16.5 Å². The number of nitrogens with zero attached hydrogens (tertiary/aromatic N) is 1. The van der Waals surface area contributed by atoms with E-state index in [1.165, 1.54) is 23.9 Å². The van der Waals surface area contributed by atoms with Crippen LogP contribution in [0.3, 0.4) is 0 Å². The van der Waals surface area contributed by atoms with Crippen molar-refractivity contribution in [2.45, 2.75) is 15.5 Å². The van der Waals surface area contributed by atoms with Gasteiger partial charge in [0.05, 0.1) is 15.5 Å². The monoisotopic (exact) mass is 434 g/mol. The van der Waals surface area contributed by atoms with E-state index in [-0.39, 0.29) is 10.6 Å². The van der Waals surface area contributed by atoms with E-state index in [4.69, 9.17) is 11.6 Å². The molecular weight excluding hydrogens is 420 g/mol. The predicted molar refractivity (Wildman–Crippen MR) is 111 cm³/mol. The average molecular weight is 435 g/mol. The Morgan fingerprint density at radius 3 is 2.25 bits per heavy atom. The maximum Gasteiger partial charge on any atom is 0.269 e. The van der Waals surface area contributed by atoms with E-state index < -0.39 is 14.9 Å². The highest BCUT2D eigenvalue weighted by Gasteiger charge is 2.17. The van der Waals surface area contributed by atoms with Crippen molar-refractivity contribution < 1.29 is 13.3 Å². The molecule has 0 aliphatic heterocycles. The molecule has 1 N–H and O–H groups in total. The molecule has 0 fully saturated rings. The molecule has 0 atom stereocenters. The summed E-state index contributed by atoms with van der Waals surface area (Å²) in [4.78, 5) is 10.9. The first kappa shape index (κ1) is 20.2. The second-order valence-electron chi connectivity index (χ2n) is 5.77. The lowest BCUT2D eigenvalue weighted by Gasteiger charge is -2.12. The predicted octanol–water partition coefficient (Wildman–Crippen LogP) is 5.34. The molecule has 0 saturated carbocycles. The molecule has 0 saturated heterocycles. The zero-order valence-corrected chi connectivity index (χ0v) is 16.8. The van der Waals surface area contributed by atoms with Crippen LogP contribution in [-0.2, 0) is 15.8 Å². The Kier molecular flexibility index (Phi) is 6.23. The minimum absolute atomic E-state index is 0.0457. The number of non-ortho nitro benzene ring substituents is 1. The summed E-state index contributed by atoms with van der Waals surface area (Å²) in [6.07, 6.45) is 0. The fourth-order valence-electron chi connectivity index (χ4n) is 2.37. The lowest BCUT2D eigenvalue weighted by molar-refractivity contribution is -0.384. The summed E-state index contributed by atoms with van der Waals surface area (Å²) in [6, 6.07) is 19.3. The number of nitro groups is 1. The SMILES string of the molecule is O=[N+]([O-])c1ccc(S(=O)(=O)Nc2ccccc2SCc2ccc(Cl)cc2)cc1. The third-order valence-corrected chi connectivity index (χ3v) is 6.57. The van der Waals surface area contributed by atoms with Crippen molar-refractivity contribution in [2.75, 3.05) is 4.72 Å². The summed E-state index contributed by atoms with van der Waals surface area (Å²) < 4.78 is 27.8. The van der Waals surface area contributed by atoms with Gasteiger partial charge in [0.2, 0.25) is 0 Å². The highest BCUT2D eigenvalue weighted by molar-refractivity contribution is 7.98. The topological polar surface area (TPSA) is 89.3 Å². The van der Waals surface area contributed by atoms with Gasteiger partial charge < -0.3 is 0 Å². The van der Waals surface area contributed by atoms with Crippen LogP contribution in [-0.4, -0.2) is 13.3 Å². The standard InChI is InChI=1S/C19H15ClN2O4S2/c20-15-7-5-14(6-8-15)13-27-19-4-2-1-3-18(19)21-28(25,26)17-11-9-16(10-12-17)22(23)24/h1-12,21H,13H2. The van der Waals surface area contributed by atoms with Crippen LogP contribution >= 0.6 is 23.4 Å². The van der Waals surface area contributed by atoms with E-state index in [1.54, 1.807) is 24.3 Å². The van der Waals surface area contributed by atoms with Gasteiger partial charge in [-0.15, -0.1) is 11.8 Å². The Balaban J connectivity index is 1.78. The van der Waals surface area contributed by atoms with Gasteiger partial charge in [-0.3, -0.25) is 14.8 Å². The molecule has 0 bridgehead atoms. The number of hydrogen-bond acceptors (Lipinski definition) is 5. The van der Waals surface area contributed by atoms with Crippen molar-refractivity contribution in [1.29, 1.82) is 0 Å². The van der Waals surface area contributed by atoms with Crippen LogP contribution < -0.4 is 4.72 Å². The van der Waals surface area contributed by atoms with Gasteiger partial charge in [0.15, 0.2) is 0 Å². The quantitative estimate of drug-likeness (QED) is 0.308. The molecule has 0 spiro atoms. The Morgan fingerprint density at radius 1 is 0.964 bits per heavy atom. The molecule has 28 heavy (non-hydrogen) atoms. The molecule has 0 heterocycles. The van der Waals surface area contributed by atoms with Crippen molar-refractivity contribution in [3.8, 4) is 0 Å². The van der Waals surface area contributed by atoms with Gasteiger partial charge in [0, 0.05) is 27.8 Å². The van der Waals surface area contributed by atoms with Crippen LogP contribution in [0, 0.1) is 10.1 Å². The van der Waals surface area contributed by atoms with E-state index in [2.05, 4.69) is 4.72 Å². The summed E-state index contributed by atoms with van der Waals surface area (Å²) in [5.74, 6) is 0.646. The molecule has 6 nitrogen and oxygen atoms in total. The third-order valence-electron chi connectivity index (χ3n) is 3.80. The van der Waals surface area contributed by atoms with Crippen LogP contribution in [0.5, 0.6) is 0 Å². The molecule has 0 aliphatic rings. The van der Waals surface area contributed by atoms with Crippen LogP contribution in [0.2, 0.25) is 5.02 Å². The normalized spacial score (nSPS) is 11.2. The number of sulfonamides is 1. The minimum atomic E-state index is -3.87.